The molecular formula is C15H22F3NS. The van der Waals surface area contributed by atoms with Gasteiger partial charge in [-0.2, -0.15) is 24.9 Å². The lowest BCUT2D eigenvalue weighted by Crippen LogP contribution is -2.36. The maximum Gasteiger partial charge on any atom is 0.416 e. The van der Waals surface area contributed by atoms with Crippen LogP contribution in [0.4, 0.5) is 13.2 Å². The van der Waals surface area contributed by atoms with E-state index in [1.807, 2.05) is 11.8 Å². The van der Waals surface area contributed by atoms with Crippen LogP contribution in [0.15, 0.2) is 24.3 Å². The molecule has 0 heterocycles. The first-order valence-corrected chi connectivity index (χ1v) is 8.01. The second-order valence-corrected chi connectivity index (χ2v) is 6.17. The Kier molecular flexibility index (Phi) is 6.40. The van der Waals surface area contributed by atoms with E-state index in [1.165, 1.54) is 12.1 Å². The summed E-state index contributed by atoms with van der Waals surface area (Å²) in [5, 5.41) is 3.29. The normalized spacial score (nSPS) is 12.7. The van der Waals surface area contributed by atoms with E-state index in [9.17, 15) is 13.2 Å². The largest absolute Gasteiger partial charge is 0.416 e. The number of benzene rings is 1. The molecule has 0 aliphatic carbocycles. The van der Waals surface area contributed by atoms with Gasteiger partial charge < -0.3 is 5.32 Å². The molecule has 0 saturated heterocycles. The standard InChI is InChI=1S/C15H22F3NS/c1-4-14(5-2,20-3)11-19-10-12-7-6-8-13(9-12)15(16,17)18/h6-9,19H,4-5,10-11H2,1-3H3. The predicted molar refractivity (Wildman–Crippen MR) is 80.0 cm³/mol. The van der Waals surface area contributed by atoms with Crippen LogP contribution >= 0.6 is 11.8 Å². The minimum absolute atomic E-state index is 0.168. The summed E-state index contributed by atoms with van der Waals surface area (Å²) < 4.78 is 38.0. The molecule has 1 N–H and O–H groups in total. The summed E-state index contributed by atoms with van der Waals surface area (Å²) >= 11 is 1.82. The van der Waals surface area contributed by atoms with Crippen molar-refractivity contribution in [2.75, 3.05) is 12.8 Å². The van der Waals surface area contributed by atoms with Crippen LogP contribution in [0.5, 0.6) is 0 Å². The molecule has 114 valence electrons. The number of rotatable bonds is 7. The fourth-order valence-corrected chi connectivity index (χ4v) is 2.98. The van der Waals surface area contributed by atoms with Crippen LogP contribution in [0.1, 0.15) is 37.8 Å². The summed E-state index contributed by atoms with van der Waals surface area (Å²) in [6.45, 7) is 5.56. The van der Waals surface area contributed by atoms with Gasteiger partial charge in [0.15, 0.2) is 0 Å². The number of alkyl halides is 3. The third-order valence-electron chi connectivity index (χ3n) is 3.75. The summed E-state index contributed by atoms with van der Waals surface area (Å²) in [5.41, 5.74) is 0.0842. The molecule has 0 unspecified atom stereocenters. The highest BCUT2D eigenvalue weighted by Gasteiger charge is 2.30. The fourth-order valence-electron chi connectivity index (χ4n) is 2.15. The van der Waals surface area contributed by atoms with E-state index >= 15 is 0 Å². The van der Waals surface area contributed by atoms with Crippen molar-refractivity contribution in [1.29, 1.82) is 0 Å². The van der Waals surface area contributed by atoms with Gasteiger partial charge in [-0.3, -0.25) is 0 Å². The van der Waals surface area contributed by atoms with Crippen LogP contribution in [0, 0.1) is 0 Å². The molecule has 20 heavy (non-hydrogen) atoms. The Labute approximate surface area is 123 Å². The first-order valence-electron chi connectivity index (χ1n) is 6.79. The van der Waals surface area contributed by atoms with Crippen molar-refractivity contribution in [3.8, 4) is 0 Å². The number of nitrogens with one attached hydrogen (secondary N) is 1. The summed E-state index contributed by atoms with van der Waals surface area (Å²) in [6, 6.07) is 5.50. The Morgan fingerprint density at radius 3 is 2.30 bits per heavy atom. The molecule has 0 aliphatic heterocycles. The highest BCUT2D eigenvalue weighted by molar-refractivity contribution is 8.00. The first kappa shape index (κ1) is 17.4. The summed E-state index contributed by atoms with van der Waals surface area (Å²) in [5.74, 6) is 0. The molecule has 0 saturated carbocycles. The summed E-state index contributed by atoms with van der Waals surface area (Å²) in [7, 11) is 0. The van der Waals surface area contributed by atoms with E-state index in [2.05, 4.69) is 25.4 Å². The van der Waals surface area contributed by atoms with Crippen molar-refractivity contribution in [2.45, 2.75) is 44.2 Å². The topological polar surface area (TPSA) is 12.0 Å². The number of halogens is 3. The van der Waals surface area contributed by atoms with Crippen molar-refractivity contribution in [3.63, 3.8) is 0 Å². The second kappa shape index (κ2) is 7.36. The molecule has 0 spiro atoms. The lowest BCUT2D eigenvalue weighted by atomic mass is 10.0. The van der Waals surface area contributed by atoms with E-state index in [0.717, 1.165) is 25.5 Å². The molecule has 1 nitrogen and oxygen atoms in total. The van der Waals surface area contributed by atoms with Gasteiger partial charge in [-0.05, 0) is 30.7 Å². The maximum atomic E-state index is 12.6. The van der Waals surface area contributed by atoms with Crippen molar-refractivity contribution in [1.82, 2.24) is 5.32 Å². The van der Waals surface area contributed by atoms with Crippen LogP contribution in [0.2, 0.25) is 0 Å². The third-order valence-corrected chi connectivity index (χ3v) is 5.34. The van der Waals surface area contributed by atoms with E-state index in [0.29, 0.717) is 12.1 Å². The van der Waals surface area contributed by atoms with E-state index in [1.54, 1.807) is 6.07 Å². The summed E-state index contributed by atoms with van der Waals surface area (Å²) in [6.07, 6.45) is -0.106. The minimum Gasteiger partial charge on any atom is -0.311 e. The lowest BCUT2D eigenvalue weighted by molar-refractivity contribution is -0.137. The molecule has 1 aromatic rings. The quantitative estimate of drug-likeness (QED) is 0.782. The third kappa shape index (κ3) is 4.70. The molecule has 1 aromatic carbocycles. The molecule has 0 bridgehead atoms. The zero-order chi connectivity index (χ0) is 15.2. The van der Waals surface area contributed by atoms with Gasteiger partial charge in [0.1, 0.15) is 0 Å². The molecule has 0 fully saturated rings. The van der Waals surface area contributed by atoms with Crippen LogP contribution in [-0.4, -0.2) is 17.5 Å². The van der Waals surface area contributed by atoms with Gasteiger partial charge in [-0.15, -0.1) is 0 Å². The van der Waals surface area contributed by atoms with Crippen molar-refractivity contribution >= 4 is 11.8 Å². The van der Waals surface area contributed by atoms with Gasteiger partial charge in [-0.25, -0.2) is 0 Å². The van der Waals surface area contributed by atoms with Crippen molar-refractivity contribution in [2.24, 2.45) is 0 Å². The van der Waals surface area contributed by atoms with Gasteiger partial charge >= 0.3 is 6.18 Å². The van der Waals surface area contributed by atoms with Gasteiger partial charge in [0, 0.05) is 17.8 Å². The Morgan fingerprint density at radius 1 is 1.15 bits per heavy atom. The van der Waals surface area contributed by atoms with Gasteiger partial charge in [-0.1, -0.05) is 32.0 Å². The molecular weight excluding hydrogens is 283 g/mol. The SMILES string of the molecule is CCC(CC)(CNCc1cccc(C(F)(F)F)c1)SC. The van der Waals surface area contributed by atoms with Gasteiger partial charge in [0.2, 0.25) is 0 Å². The zero-order valence-electron chi connectivity index (χ0n) is 12.2. The highest BCUT2D eigenvalue weighted by Crippen LogP contribution is 2.30. The Morgan fingerprint density at radius 2 is 1.80 bits per heavy atom. The second-order valence-electron chi connectivity index (χ2n) is 4.90. The van der Waals surface area contributed by atoms with Crippen LogP contribution in [0.3, 0.4) is 0 Å². The van der Waals surface area contributed by atoms with Crippen LogP contribution in [0.25, 0.3) is 0 Å². The number of hydrogen-bond acceptors (Lipinski definition) is 2. The van der Waals surface area contributed by atoms with E-state index in [-0.39, 0.29) is 4.75 Å². The molecule has 5 heteroatoms. The molecule has 1 rings (SSSR count). The Hall–Kier alpha value is -0.680. The predicted octanol–water partition coefficient (Wildman–Crippen LogP) is 4.72. The molecule has 0 aliphatic rings. The average molecular weight is 305 g/mol. The molecule has 0 amide bonds. The van der Waals surface area contributed by atoms with E-state index < -0.39 is 11.7 Å². The Balaban J connectivity index is 2.62. The summed E-state index contributed by atoms with van der Waals surface area (Å²) in [4.78, 5) is 0. The van der Waals surface area contributed by atoms with Gasteiger partial charge in [0.25, 0.3) is 0 Å². The monoisotopic (exact) mass is 305 g/mol. The smallest absolute Gasteiger partial charge is 0.311 e. The average Bonchev–Trinajstić information content (AvgIpc) is 2.44. The highest BCUT2D eigenvalue weighted by atomic mass is 32.2. The molecule has 0 atom stereocenters. The first-order chi connectivity index (χ1) is 9.37. The van der Waals surface area contributed by atoms with Crippen molar-refractivity contribution in [3.05, 3.63) is 35.4 Å². The molecule has 0 radical (unpaired) electrons. The van der Waals surface area contributed by atoms with Crippen LogP contribution in [-0.2, 0) is 12.7 Å². The molecule has 0 aromatic heterocycles. The Bertz CT molecular complexity index is 406. The van der Waals surface area contributed by atoms with E-state index in [4.69, 9.17) is 0 Å². The lowest BCUT2D eigenvalue weighted by Gasteiger charge is -2.30. The van der Waals surface area contributed by atoms with Crippen molar-refractivity contribution < 1.29 is 13.2 Å². The fraction of sp³-hybridized carbons (Fsp3) is 0.600. The minimum atomic E-state index is -4.27. The van der Waals surface area contributed by atoms with Gasteiger partial charge in [0.05, 0.1) is 5.56 Å². The van der Waals surface area contributed by atoms with Crippen LogP contribution < -0.4 is 5.32 Å². The number of thioether (sulfide) groups is 1. The maximum absolute atomic E-state index is 12.6. The zero-order valence-corrected chi connectivity index (χ0v) is 13.0. The number of hydrogen-bond donors (Lipinski definition) is 1.